The molecular formula is C8H8IO2. The van der Waals surface area contributed by atoms with Crippen LogP contribution in [-0.4, -0.2) is 12.2 Å². The van der Waals surface area contributed by atoms with E-state index in [-0.39, 0.29) is 5.75 Å². The molecule has 0 bridgehead atoms. The summed E-state index contributed by atoms with van der Waals surface area (Å²) in [6, 6.07) is 3.33. The van der Waals surface area contributed by atoms with Crippen molar-refractivity contribution in [2.75, 3.05) is 7.11 Å². The summed E-state index contributed by atoms with van der Waals surface area (Å²) in [6.07, 6.45) is 0. The molecule has 0 aromatic heterocycles. The van der Waals surface area contributed by atoms with Crippen LogP contribution in [0.4, 0.5) is 0 Å². The van der Waals surface area contributed by atoms with Crippen LogP contribution < -0.4 is 4.74 Å². The molecule has 0 spiro atoms. The number of phenols is 1. The van der Waals surface area contributed by atoms with Crippen molar-refractivity contribution in [1.29, 1.82) is 0 Å². The summed E-state index contributed by atoms with van der Waals surface area (Å²) >= 11 is 2.10. The molecule has 3 heteroatoms. The molecule has 1 rings (SSSR count). The van der Waals surface area contributed by atoms with Crippen molar-refractivity contribution in [3.05, 3.63) is 28.2 Å². The lowest BCUT2D eigenvalue weighted by Gasteiger charge is -2.05. The highest BCUT2D eigenvalue weighted by molar-refractivity contribution is 14.1. The minimum absolute atomic E-state index is 0.157. The van der Waals surface area contributed by atoms with Gasteiger partial charge in [0.25, 0.3) is 0 Å². The summed E-state index contributed by atoms with van der Waals surface area (Å²) < 4.78 is 5.82. The molecule has 0 fully saturated rings. The number of hydrogen-bond donors (Lipinski definition) is 1. The van der Waals surface area contributed by atoms with Crippen molar-refractivity contribution >= 4 is 22.6 Å². The van der Waals surface area contributed by atoms with Crippen LogP contribution in [0.5, 0.6) is 11.5 Å². The van der Waals surface area contributed by atoms with E-state index in [0.29, 0.717) is 5.75 Å². The molecule has 0 heterocycles. The van der Waals surface area contributed by atoms with Gasteiger partial charge in [-0.3, -0.25) is 0 Å². The Morgan fingerprint density at radius 1 is 1.55 bits per heavy atom. The third-order valence-corrected chi connectivity index (χ3v) is 2.35. The summed E-state index contributed by atoms with van der Waals surface area (Å²) in [6.45, 7) is 3.77. The van der Waals surface area contributed by atoms with Crippen LogP contribution >= 0.6 is 22.6 Å². The fourth-order valence-corrected chi connectivity index (χ4v) is 1.20. The van der Waals surface area contributed by atoms with Crippen molar-refractivity contribution in [2.45, 2.75) is 0 Å². The number of ether oxygens (including phenoxy) is 1. The molecule has 11 heavy (non-hydrogen) atoms. The smallest absolute Gasteiger partial charge is 0.160 e. The van der Waals surface area contributed by atoms with Gasteiger partial charge in [-0.05, 0) is 47.2 Å². The van der Waals surface area contributed by atoms with Gasteiger partial charge in [0.05, 0.1) is 7.11 Å². The molecular weight excluding hydrogens is 255 g/mol. The SMILES string of the molecule is [CH2]c1cc(OC)c(O)cc1I. The number of phenolic OH excluding ortho intramolecular Hbond substituents is 1. The Balaban J connectivity index is 3.21. The largest absolute Gasteiger partial charge is 0.504 e. The molecule has 0 amide bonds. The van der Waals surface area contributed by atoms with Gasteiger partial charge in [0.1, 0.15) is 0 Å². The molecule has 0 aliphatic heterocycles. The Morgan fingerprint density at radius 3 is 2.73 bits per heavy atom. The Morgan fingerprint density at radius 2 is 2.18 bits per heavy atom. The van der Waals surface area contributed by atoms with Crippen molar-refractivity contribution < 1.29 is 9.84 Å². The second-order valence-corrected chi connectivity index (χ2v) is 3.28. The highest BCUT2D eigenvalue weighted by Crippen LogP contribution is 2.29. The zero-order chi connectivity index (χ0) is 8.43. The highest BCUT2D eigenvalue weighted by Gasteiger charge is 2.03. The van der Waals surface area contributed by atoms with Crippen LogP contribution in [-0.2, 0) is 0 Å². The van der Waals surface area contributed by atoms with Gasteiger partial charge in [-0.1, -0.05) is 0 Å². The molecule has 1 aromatic carbocycles. The second kappa shape index (κ2) is 3.30. The van der Waals surface area contributed by atoms with Gasteiger partial charge in [-0.25, -0.2) is 0 Å². The zero-order valence-corrected chi connectivity index (χ0v) is 8.25. The Hall–Kier alpha value is -0.450. The second-order valence-electron chi connectivity index (χ2n) is 2.12. The molecule has 0 saturated carbocycles. The van der Waals surface area contributed by atoms with Gasteiger partial charge in [0, 0.05) is 3.57 Å². The molecule has 0 atom stereocenters. The van der Waals surface area contributed by atoms with Gasteiger partial charge in [-0.2, -0.15) is 0 Å². The van der Waals surface area contributed by atoms with Crippen molar-refractivity contribution in [3.63, 3.8) is 0 Å². The third-order valence-electron chi connectivity index (χ3n) is 1.35. The average Bonchev–Trinajstić information content (AvgIpc) is 1.97. The van der Waals surface area contributed by atoms with Gasteiger partial charge < -0.3 is 9.84 Å². The summed E-state index contributed by atoms with van der Waals surface area (Å²) in [7, 11) is 1.52. The maximum absolute atomic E-state index is 9.26. The lowest BCUT2D eigenvalue weighted by molar-refractivity contribution is 0.373. The highest BCUT2D eigenvalue weighted by atomic mass is 127. The molecule has 2 nitrogen and oxygen atoms in total. The van der Waals surface area contributed by atoms with Crippen LogP contribution in [0.2, 0.25) is 0 Å². The first-order valence-corrected chi connectivity index (χ1v) is 4.11. The first kappa shape index (κ1) is 8.64. The lowest BCUT2D eigenvalue weighted by Crippen LogP contribution is -1.86. The molecule has 0 aliphatic rings. The van der Waals surface area contributed by atoms with E-state index in [1.165, 1.54) is 7.11 Å². The fourth-order valence-electron chi connectivity index (χ4n) is 0.748. The number of halogens is 1. The van der Waals surface area contributed by atoms with Gasteiger partial charge in [-0.15, -0.1) is 0 Å². The van der Waals surface area contributed by atoms with Crippen LogP contribution in [0, 0.1) is 10.5 Å². The van der Waals surface area contributed by atoms with Crippen LogP contribution in [0.3, 0.4) is 0 Å². The summed E-state index contributed by atoms with van der Waals surface area (Å²) in [4.78, 5) is 0. The minimum atomic E-state index is 0.157. The molecule has 0 unspecified atom stereocenters. The Bertz CT molecular complexity index is 271. The van der Waals surface area contributed by atoms with Gasteiger partial charge >= 0.3 is 0 Å². The minimum Gasteiger partial charge on any atom is -0.504 e. The Kier molecular flexibility index (Phi) is 2.59. The molecule has 1 radical (unpaired) electrons. The fraction of sp³-hybridized carbons (Fsp3) is 0.125. The topological polar surface area (TPSA) is 29.5 Å². The molecule has 59 valence electrons. The van der Waals surface area contributed by atoms with Crippen LogP contribution in [0.1, 0.15) is 5.56 Å². The zero-order valence-electron chi connectivity index (χ0n) is 6.10. The number of benzene rings is 1. The number of aromatic hydroxyl groups is 1. The van der Waals surface area contributed by atoms with E-state index >= 15 is 0 Å². The van der Waals surface area contributed by atoms with E-state index in [9.17, 15) is 5.11 Å². The lowest BCUT2D eigenvalue weighted by atomic mass is 10.2. The Labute approximate surface area is 79.3 Å². The van der Waals surface area contributed by atoms with Gasteiger partial charge in [0.2, 0.25) is 0 Å². The van der Waals surface area contributed by atoms with E-state index < -0.39 is 0 Å². The number of rotatable bonds is 1. The van der Waals surface area contributed by atoms with Crippen molar-refractivity contribution in [3.8, 4) is 11.5 Å². The standard InChI is InChI=1S/C8H8IO2/c1-5-3-8(11-2)7(10)4-6(5)9/h3-4,10H,1H2,2H3. The summed E-state index contributed by atoms with van der Waals surface area (Å²) in [5.41, 5.74) is 0.861. The van der Waals surface area contributed by atoms with E-state index in [2.05, 4.69) is 29.5 Å². The van der Waals surface area contributed by atoms with E-state index in [1.807, 2.05) is 0 Å². The number of hydrogen-bond acceptors (Lipinski definition) is 2. The summed E-state index contributed by atoms with van der Waals surface area (Å²) in [5, 5.41) is 9.26. The maximum atomic E-state index is 9.26. The molecule has 1 aromatic rings. The van der Waals surface area contributed by atoms with E-state index in [1.54, 1.807) is 12.1 Å². The van der Waals surface area contributed by atoms with E-state index in [0.717, 1.165) is 9.13 Å². The quantitative estimate of drug-likeness (QED) is 0.787. The molecule has 0 saturated heterocycles. The number of methoxy groups -OCH3 is 1. The van der Waals surface area contributed by atoms with Crippen LogP contribution in [0.25, 0.3) is 0 Å². The normalized spacial score (nSPS) is 9.73. The average molecular weight is 263 g/mol. The van der Waals surface area contributed by atoms with Crippen LogP contribution in [0.15, 0.2) is 12.1 Å². The first-order valence-electron chi connectivity index (χ1n) is 3.03. The molecule has 0 aliphatic carbocycles. The monoisotopic (exact) mass is 263 g/mol. The maximum Gasteiger partial charge on any atom is 0.160 e. The van der Waals surface area contributed by atoms with Gasteiger partial charge in [0.15, 0.2) is 11.5 Å². The summed E-state index contributed by atoms with van der Waals surface area (Å²) in [5.74, 6) is 0.625. The predicted molar refractivity (Wildman–Crippen MR) is 51.8 cm³/mol. The van der Waals surface area contributed by atoms with Crippen molar-refractivity contribution in [2.24, 2.45) is 0 Å². The first-order chi connectivity index (χ1) is 5.15. The van der Waals surface area contributed by atoms with Crippen molar-refractivity contribution in [1.82, 2.24) is 0 Å². The molecule has 1 N–H and O–H groups in total. The predicted octanol–water partition coefficient (Wildman–Crippen LogP) is 2.19. The van der Waals surface area contributed by atoms with E-state index in [4.69, 9.17) is 4.74 Å². The third kappa shape index (κ3) is 1.77.